The van der Waals surface area contributed by atoms with Crippen LogP contribution in [0.15, 0.2) is 22.7 Å². The predicted molar refractivity (Wildman–Crippen MR) is 70.9 cm³/mol. The van der Waals surface area contributed by atoms with Crippen LogP contribution >= 0.6 is 15.9 Å². The Kier molecular flexibility index (Phi) is 3.87. The molecule has 0 aliphatic heterocycles. The molecule has 1 aromatic carbocycles. The molecule has 0 heterocycles. The maximum Gasteiger partial charge on any atom is 0.0614 e. The van der Waals surface area contributed by atoms with Crippen LogP contribution in [0, 0.1) is 6.92 Å². The van der Waals surface area contributed by atoms with Crippen molar-refractivity contribution in [2.24, 2.45) is 0 Å². The largest absolute Gasteiger partial charge is 0.381 e. The Balaban J connectivity index is 1.87. The van der Waals surface area contributed by atoms with Crippen molar-refractivity contribution >= 4 is 21.6 Å². The summed E-state index contributed by atoms with van der Waals surface area (Å²) in [6.07, 6.45) is 2.70. The van der Waals surface area contributed by atoms with Crippen LogP contribution in [0.4, 0.5) is 5.69 Å². The van der Waals surface area contributed by atoms with Crippen LogP contribution in [-0.4, -0.2) is 18.8 Å². The molecule has 1 saturated carbocycles. The maximum absolute atomic E-state index is 5.54. The highest BCUT2D eigenvalue weighted by molar-refractivity contribution is 9.10. The number of rotatable bonds is 4. The van der Waals surface area contributed by atoms with Gasteiger partial charge in [-0.05, 0) is 60.3 Å². The first-order chi connectivity index (χ1) is 7.69. The molecule has 2 nitrogen and oxygen atoms in total. The molecule has 1 aromatic rings. The second-order valence-corrected chi connectivity index (χ2v) is 5.23. The van der Waals surface area contributed by atoms with Gasteiger partial charge in [-0.15, -0.1) is 0 Å². The Morgan fingerprint density at radius 3 is 2.81 bits per heavy atom. The smallest absolute Gasteiger partial charge is 0.0614 e. The summed E-state index contributed by atoms with van der Waals surface area (Å²) in [4.78, 5) is 0. The monoisotopic (exact) mass is 283 g/mol. The van der Waals surface area contributed by atoms with E-state index in [1.807, 2.05) is 0 Å². The van der Waals surface area contributed by atoms with E-state index in [0.717, 1.165) is 23.9 Å². The lowest BCUT2D eigenvalue weighted by molar-refractivity contribution is 0.00298. The van der Waals surface area contributed by atoms with E-state index in [4.69, 9.17) is 4.74 Å². The summed E-state index contributed by atoms with van der Waals surface area (Å²) >= 11 is 3.58. The van der Waals surface area contributed by atoms with Crippen molar-refractivity contribution in [3.63, 3.8) is 0 Å². The van der Waals surface area contributed by atoms with Crippen molar-refractivity contribution in [2.75, 3.05) is 11.9 Å². The lowest BCUT2D eigenvalue weighted by atomic mass is 9.89. The first kappa shape index (κ1) is 11.9. The molecule has 0 amide bonds. The number of ether oxygens (including phenoxy) is 1. The summed E-state index contributed by atoms with van der Waals surface area (Å²) in [5, 5.41) is 3.54. The zero-order valence-electron chi connectivity index (χ0n) is 9.79. The Morgan fingerprint density at radius 2 is 2.19 bits per heavy atom. The van der Waals surface area contributed by atoms with Crippen molar-refractivity contribution in [1.29, 1.82) is 0 Å². The number of hydrogen-bond acceptors (Lipinski definition) is 2. The molecule has 0 atom stereocenters. The van der Waals surface area contributed by atoms with E-state index in [0.29, 0.717) is 12.1 Å². The second kappa shape index (κ2) is 5.19. The molecule has 0 aromatic heterocycles. The Morgan fingerprint density at radius 1 is 1.44 bits per heavy atom. The summed E-state index contributed by atoms with van der Waals surface area (Å²) in [6, 6.07) is 6.97. The molecule has 0 bridgehead atoms. The zero-order chi connectivity index (χ0) is 11.5. The molecule has 0 unspecified atom stereocenters. The molecular weight excluding hydrogens is 266 g/mol. The first-order valence-electron chi connectivity index (χ1n) is 5.83. The molecule has 1 fully saturated rings. The number of aryl methyl sites for hydroxylation is 1. The summed E-state index contributed by atoms with van der Waals surface area (Å²) in [5.41, 5.74) is 2.46. The number of halogens is 1. The van der Waals surface area contributed by atoms with Crippen LogP contribution in [0.5, 0.6) is 0 Å². The third-order valence-corrected chi connectivity index (χ3v) is 3.64. The number of anilines is 1. The van der Waals surface area contributed by atoms with E-state index in [2.05, 4.69) is 53.3 Å². The molecule has 88 valence electrons. The standard InChI is InChI=1S/C13H18BrNO/c1-3-16-11-7-10(8-11)15-13-5-4-9(2)6-12(13)14/h4-6,10-11,15H,3,7-8H2,1-2H3. The van der Waals surface area contributed by atoms with Gasteiger partial charge in [-0.2, -0.15) is 0 Å². The minimum absolute atomic E-state index is 0.465. The molecule has 1 aliphatic carbocycles. The highest BCUT2D eigenvalue weighted by Gasteiger charge is 2.29. The molecule has 1 N–H and O–H groups in total. The minimum atomic E-state index is 0.465. The van der Waals surface area contributed by atoms with Crippen molar-refractivity contribution in [1.82, 2.24) is 0 Å². The number of benzene rings is 1. The van der Waals surface area contributed by atoms with E-state index < -0.39 is 0 Å². The van der Waals surface area contributed by atoms with Gasteiger partial charge in [-0.3, -0.25) is 0 Å². The van der Waals surface area contributed by atoms with Crippen LogP contribution in [0.2, 0.25) is 0 Å². The average Bonchev–Trinajstić information content (AvgIpc) is 2.18. The fourth-order valence-corrected chi connectivity index (χ4v) is 2.62. The molecule has 2 rings (SSSR count). The van der Waals surface area contributed by atoms with Gasteiger partial charge in [0.1, 0.15) is 0 Å². The highest BCUT2D eigenvalue weighted by atomic mass is 79.9. The predicted octanol–water partition coefficient (Wildman–Crippen LogP) is 3.74. The van der Waals surface area contributed by atoms with Crippen molar-refractivity contribution in [2.45, 2.75) is 38.8 Å². The summed E-state index contributed by atoms with van der Waals surface area (Å²) in [6.45, 7) is 4.98. The summed E-state index contributed by atoms with van der Waals surface area (Å²) in [5.74, 6) is 0. The third kappa shape index (κ3) is 2.77. The van der Waals surface area contributed by atoms with Crippen molar-refractivity contribution < 1.29 is 4.74 Å². The van der Waals surface area contributed by atoms with Crippen LogP contribution in [-0.2, 0) is 4.74 Å². The van der Waals surface area contributed by atoms with E-state index in [9.17, 15) is 0 Å². The Hall–Kier alpha value is -0.540. The maximum atomic E-state index is 5.54. The first-order valence-corrected chi connectivity index (χ1v) is 6.62. The molecule has 3 heteroatoms. The number of hydrogen-bond donors (Lipinski definition) is 1. The van der Waals surface area contributed by atoms with Crippen molar-refractivity contribution in [3.8, 4) is 0 Å². The van der Waals surface area contributed by atoms with E-state index in [1.54, 1.807) is 0 Å². The normalized spacial score (nSPS) is 23.9. The van der Waals surface area contributed by atoms with E-state index >= 15 is 0 Å². The van der Waals surface area contributed by atoms with Crippen LogP contribution in [0.3, 0.4) is 0 Å². The molecule has 1 aliphatic rings. The van der Waals surface area contributed by atoms with Crippen LogP contribution < -0.4 is 5.32 Å². The number of nitrogens with one attached hydrogen (secondary N) is 1. The average molecular weight is 284 g/mol. The van der Waals surface area contributed by atoms with Gasteiger partial charge in [-0.1, -0.05) is 6.07 Å². The van der Waals surface area contributed by atoms with Gasteiger partial charge in [0, 0.05) is 22.8 Å². The summed E-state index contributed by atoms with van der Waals surface area (Å²) in [7, 11) is 0. The van der Waals surface area contributed by atoms with E-state index in [1.165, 1.54) is 11.3 Å². The second-order valence-electron chi connectivity index (χ2n) is 4.37. The fraction of sp³-hybridized carbons (Fsp3) is 0.538. The summed E-state index contributed by atoms with van der Waals surface area (Å²) < 4.78 is 6.69. The SMILES string of the molecule is CCOC1CC(Nc2ccc(C)cc2Br)C1. The van der Waals surface area contributed by atoms with Crippen LogP contribution in [0.25, 0.3) is 0 Å². The third-order valence-electron chi connectivity index (χ3n) is 2.98. The van der Waals surface area contributed by atoms with Gasteiger partial charge >= 0.3 is 0 Å². The highest BCUT2D eigenvalue weighted by Crippen LogP contribution is 2.30. The topological polar surface area (TPSA) is 21.3 Å². The van der Waals surface area contributed by atoms with Gasteiger partial charge < -0.3 is 10.1 Å². The molecule has 0 saturated heterocycles. The van der Waals surface area contributed by atoms with Gasteiger partial charge in [0.05, 0.1) is 6.10 Å². The Bertz CT molecular complexity index is 361. The van der Waals surface area contributed by atoms with Gasteiger partial charge in [0.2, 0.25) is 0 Å². The van der Waals surface area contributed by atoms with Gasteiger partial charge in [0.15, 0.2) is 0 Å². The molecule has 16 heavy (non-hydrogen) atoms. The van der Waals surface area contributed by atoms with Gasteiger partial charge in [-0.25, -0.2) is 0 Å². The zero-order valence-corrected chi connectivity index (χ0v) is 11.4. The lowest BCUT2D eigenvalue weighted by Crippen LogP contribution is -2.40. The van der Waals surface area contributed by atoms with E-state index in [-0.39, 0.29) is 0 Å². The Labute approximate surface area is 106 Å². The lowest BCUT2D eigenvalue weighted by Gasteiger charge is -2.36. The van der Waals surface area contributed by atoms with Crippen molar-refractivity contribution in [3.05, 3.63) is 28.2 Å². The molecule has 0 radical (unpaired) electrons. The van der Waals surface area contributed by atoms with Gasteiger partial charge in [0.25, 0.3) is 0 Å². The molecular formula is C13H18BrNO. The minimum Gasteiger partial charge on any atom is -0.381 e. The molecule has 0 spiro atoms. The van der Waals surface area contributed by atoms with Crippen LogP contribution in [0.1, 0.15) is 25.3 Å². The quantitative estimate of drug-likeness (QED) is 0.909. The fourth-order valence-electron chi connectivity index (χ4n) is 2.01.